The minimum absolute atomic E-state index is 0.00862. The van der Waals surface area contributed by atoms with Crippen LogP contribution in [0.15, 0.2) is 12.2 Å². The first-order valence-corrected chi connectivity index (χ1v) is 20.5. The molecule has 282 valence electrons. The summed E-state index contributed by atoms with van der Waals surface area (Å²) in [7, 11) is 0. The van der Waals surface area contributed by atoms with Crippen LogP contribution in [-0.2, 0) is 19.1 Å². The summed E-state index contributed by atoms with van der Waals surface area (Å²) in [6.45, 7) is 4.91. The lowest BCUT2D eigenvalue weighted by atomic mass is 10.0. The third kappa shape index (κ3) is 32.6. The summed E-state index contributed by atoms with van der Waals surface area (Å²) in [6, 6.07) is -0.861. The fourth-order valence-electron chi connectivity index (χ4n) is 6.21. The van der Waals surface area contributed by atoms with Gasteiger partial charge in [-0.25, -0.2) is 4.79 Å². The normalized spacial score (nSPS) is 12.7. The summed E-state index contributed by atoms with van der Waals surface area (Å²) in [5, 5.41) is 11.9. The first kappa shape index (κ1) is 46.1. The van der Waals surface area contributed by atoms with Gasteiger partial charge in [0.2, 0.25) is 5.91 Å². The van der Waals surface area contributed by atoms with Crippen LogP contribution in [0.5, 0.6) is 0 Å². The molecule has 0 aliphatic heterocycles. The molecule has 2 atom stereocenters. The second kappa shape index (κ2) is 36.4. The van der Waals surface area contributed by atoms with E-state index in [0.29, 0.717) is 32.2 Å². The quantitative estimate of drug-likeness (QED) is 0.0342. The smallest absolute Gasteiger partial charge is 0.326 e. The van der Waals surface area contributed by atoms with Crippen molar-refractivity contribution in [2.24, 2.45) is 5.73 Å². The number of carbonyl (C=O) groups is 3. The van der Waals surface area contributed by atoms with Gasteiger partial charge in [0.1, 0.15) is 12.1 Å². The Hall–Kier alpha value is -1.89. The summed E-state index contributed by atoms with van der Waals surface area (Å²) in [6.07, 6.45) is 38.3. The van der Waals surface area contributed by atoms with Crippen LogP contribution in [-0.4, -0.2) is 41.6 Å². The van der Waals surface area contributed by atoms with Gasteiger partial charge in [-0.2, -0.15) is 0 Å². The summed E-state index contributed by atoms with van der Waals surface area (Å²) < 4.78 is 5.98. The van der Waals surface area contributed by atoms with E-state index in [2.05, 4.69) is 31.3 Å². The number of hydrogen-bond acceptors (Lipinski definition) is 5. The number of rotatable bonds is 37. The number of nitrogens with one attached hydrogen (secondary N) is 1. The zero-order valence-electron chi connectivity index (χ0n) is 31.6. The molecular formula is C41H78N2O5. The van der Waals surface area contributed by atoms with Gasteiger partial charge in [-0.1, -0.05) is 135 Å². The van der Waals surface area contributed by atoms with Gasteiger partial charge in [-0.15, -0.1) is 0 Å². The number of hydrogen-bond donors (Lipinski definition) is 3. The monoisotopic (exact) mass is 679 g/mol. The van der Waals surface area contributed by atoms with E-state index < -0.39 is 12.0 Å². The summed E-state index contributed by atoms with van der Waals surface area (Å²) in [5.74, 6) is -1.26. The van der Waals surface area contributed by atoms with E-state index in [4.69, 9.17) is 10.5 Å². The number of carboxylic acids is 1. The average molecular weight is 679 g/mol. The van der Waals surface area contributed by atoms with Crippen LogP contribution in [0.2, 0.25) is 0 Å². The van der Waals surface area contributed by atoms with Crippen molar-refractivity contribution in [3.8, 4) is 0 Å². The third-order valence-corrected chi connectivity index (χ3v) is 9.33. The number of aliphatic carboxylic acids is 1. The fraction of sp³-hybridized carbons (Fsp3) is 0.878. The van der Waals surface area contributed by atoms with Crippen molar-refractivity contribution in [2.75, 3.05) is 6.54 Å². The number of unbranched alkanes of at least 4 members (excludes halogenated alkanes) is 21. The first-order chi connectivity index (χ1) is 23.4. The molecule has 0 spiro atoms. The van der Waals surface area contributed by atoms with Crippen LogP contribution >= 0.6 is 0 Å². The molecule has 7 nitrogen and oxygen atoms in total. The Morgan fingerprint density at radius 3 is 1.50 bits per heavy atom. The molecule has 0 bridgehead atoms. The van der Waals surface area contributed by atoms with E-state index in [-0.39, 0.29) is 18.0 Å². The molecule has 2 unspecified atom stereocenters. The van der Waals surface area contributed by atoms with Gasteiger partial charge in [-0.3, -0.25) is 9.59 Å². The minimum atomic E-state index is -1.01. The zero-order chi connectivity index (χ0) is 35.3. The molecule has 0 aliphatic rings. The molecule has 0 fully saturated rings. The van der Waals surface area contributed by atoms with Crippen LogP contribution in [0.25, 0.3) is 0 Å². The Bertz CT molecular complexity index is 772. The molecule has 0 saturated heterocycles. The Morgan fingerprint density at radius 2 is 1.02 bits per heavy atom. The van der Waals surface area contributed by atoms with Crippen molar-refractivity contribution < 1.29 is 24.2 Å². The van der Waals surface area contributed by atoms with Gasteiger partial charge >= 0.3 is 11.9 Å². The van der Waals surface area contributed by atoms with Crippen molar-refractivity contribution in [1.82, 2.24) is 5.32 Å². The topological polar surface area (TPSA) is 119 Å². The van der Waals surface area contributed by atoms with E-state index in [0.717, 1.165) is 57.8 Å². The molecule has 0 aromatic rings. The second-order valence-corrected chi connectivity index (χ2v) is 14.1. The molecule has 48 heavy (non-hydrogen) atoms. The number of nitrogens with two attached hydrogens (primary N) is 1. The van der Waals surface area contributed by atoms with Gasteiger partial charge in [0.15, 0.2) is 0 Å². The molecule has 1 amide bonds. The molecule has 4 N–H and O–H groups in total. The van der Waals surface area contributed by atoms with Crippen molar-refractivity contribution in [3.63, 3.8) is 0 Å². The maximum Gasteiger partial charge on any atom is 0.326 e. The largest absolute Gasteiger partial charge is 0.480 e. The van der Waals surface area contributed by atoms with E-state index in [9.17, 15) is 19.5 Å². The predicted molar refractivity (Wildman–Crippen MR) is 202 cm³/mol. The third-order valence-electron chi connectivity index (χ3n) is 9.33. The van der Waals surface area contributed by atoms with Gasteiger partial charge in [0.05, 0.1) is 0 Å². The summed E-state index contributed by atoms with van der Waals surface area (Å²) in [4.78, 5) is 36.2. The molecule has 0 aromatic carbocycles. The Balaban J connectivity index is 4.11. The maximum absolute atomic E-state index is 12.7. The molecule has 0 heterocycles. The lowest BCUT2D eigenvalue weighted by molar-refractivity contribution is -0.150. The standard InChI is InChI=1S/C41H78N2O5/c1-3-5-7-9-11-12-13-14-15-16-17-18-19-20-21-23-29-35-40(45)48-37(31-26-22-10-8-6-4-2)32-27-24-25-28-34-39(44)43-38(41(46)47)33-30-36-42/h14-15,37-38H,3-13,16-36,42H2,1-2H3,(H,43,44)(H,46,47)/b15-14-. The highest BCUT2D eigenvalue weighted by molar-refractivity contribution is 5.83. The highest BCUT2D eigenvalue weighted by Crippen LogP contribution is 2.18. The Morgan fingerprint density at radius 1 is 0.583 bits per heavy atom. The number of esters is 1. The molecule has 0 aromatic heterocycles. The van der Waals surface area contributed by atoms with Gasteiger partial charge in [-0.05, 0) is 83.6 Å². The van der Waals surface area contributed by atoms with Crippen LogP contribution in [0, 0.1) is 0 Å². The van der Waals surface area contributed by atoms with E-state index >= 15 is 0 Å². The van der Waals surface area contributed by atoms with Gasteiger partial charge in [0.25, 0.3) is 0 Å². The van der Waals surface area contributed by atoms with Gasteiger partial charge < -0.3 is 20.9 Å². The van der Waals surface area contributed by atoms with Gasteiger partial charge in [0, 0.05) is 12.8 Å². The summed E-state index contributed by atoms with van der Waals surface area (Å²) >= 11 is 0. The van der Waals surface area contributed by atoms with Crippen LogP contribution < -0.4 is 11.1 Å². The number of allylic oxidation sites excluding steroid dienone is 2. The second-order valence-electron chi connectivity index (χ2n) is 14.1. The summed E-state index contributed by atoms with van der Waals surface area (Å²) in [5.41, 5.74) is 5.47. The molecule has 7 heteroatoms. The minimum Gasteiger partial charge on any atom is -0.480 e. The molecule has 0 aliphatic carbocycles. The Kier molecular flexibility index (Phi) is 35.0. The number of carboxylic acid groups (broad SMARTS) is 1. The van der Waals surface area contributed by atoms with Crippen LogP contribution in [0.3, 0.4) is 0 Å². The van der Waals surface area contributed by atoms with Crippen molar-refractivity contribution >= 4 is 17.8 Å². The molecule has 0 rings (SSSR count). The van der Waals surface area contributed by atoms with E-state index in [1.165, 1.54) is 116 Å². The number of amides is 1. The highest BCUT2D eigenvalue weighted by atomic mass is 16.5. The predicted octanol–water partition coefficient (Wildman–Crippen LogP) is 11.1. The maximum atomic E-state index is 12.7. The molecular weight excluding hydrogens is 600 g/mol. The molecule has 0 saturated carbocycles. The lowest BCUT2D eigenvalue weighted by Crippen LogP contribution is -2.40. The number of carbonyl (C=O) groups excluding carboxylic acids is 2. The zero-order valence-corrected chi connectivity index (χ0v) is 31.6. The number of ether oxygens (including phenoxy) is 1. The van der Waals surface area contributed by atoms with Crippen molar-refractivity contribution in [3.05, 3.63) is 12.2 Å². The van der Waals surface area contributed by atoms with Crippen molar-refractivity contribution in [2.45, 2.75) is 225 Å². The average Bonchev–Trinajstić information content (AvgIpc) is 3.07. The lowest BCUT2D eigenvalue weighted by Gasteiger charge is -2.18. The van der Waals surface area contributed by atoms with Crippen molar-refractivity contribution in [1.29, 1.82) is 0 Å². The highest BCUT2D eigenvalue weighted by Gasteiger charge is 2.19. The molecule has 0 radical (unpaired) electrons. The SMILES string of the molecule is CCCCCCCC/C=C\CCCCCCCCCC(=O)OC(CCCCCCCC)CCCCCCC(=O)NC(CCCN)C(=O)O. The van der Waals surface area contributed by atoms with E-state index in [1.807, 2.05) is 0 Å². The van der Waals surface area contributed by atoms with Crippen LogP contribution in [0.1, 0.15) is 213 Å². The Labute approximate surface area is 296 Å². The van der Waals surface area contributed by atoms with E-state index in [1.54, 1.807) is 0 Å². The fourth-order valence-corrected chi connectivity index (χ4v) is 6.21. The first-order valence-electron chi connectivity index (χ1n) is 20.5. The van der Waals surface area contributed by atoms with Crippen LogP contribution in [0.4, 0.5) is 0 Å².